The van der Waals surface area contributed by atoms with Crippen LogP contribution >= 0.6 is 0 Å². The average molecular weight is 214 g/mol. The molecule has 0 radical (unpaired) electrons. The van der Waals surface area contributed by atoms with Crippen molar-refractivity contribution in [3.8, 4) is 0 Å². The largest absolute Gasteiger partial charge is 0.481 e. The summed E-state index contributed by atoms with van der Waals surface area (Å²) < 4.78 is 0. The number of hydrogen-bond donors (Lipinski definition) is 3. The number of aliphatic carboxylic acids is 1. The van der Waals surface area contributed by atoms with Crippen LogP contribution in [0.2, 0.25) is 0 Å². The van der Waals surface area contributed by atoms with Crippen molar-refractivity contribution in [2.24, 2.45) is 11.7 Å². The number of hydrogen-bond acceptors (Lipinski definition) is 3. The number of amides is 1. The first-order chi connectivity index (χ1) is 7.09. The molecule has 0 spiro atoms. The van der Waals surface area contributed by atoms with Crippen molar-refractivity contribution >= 4 is 11.9 Å². The van der Waals surface area contributed by atoms with Crippen molar-refractivity contribution in [3.05, 3.63) is 0 Å². The molecule has 2 atom stereocenters. The molecule has 0 aromatic heterocycles. The Hall–Kier alpha value is -1.10. The molecule has 1 aliphatic carbocycles. The summed E-state index contributed by atoms with van der Waals surface area (Å²) in [5.74, 6) is -1.27. The van der Waals surface area contributed by atoms with Gasteiger partial charge in [0, 0.05) is 19.0 Å². The van der Waals surface area contributed by atoms with E-state index in [0.29, 0.717) is 19.4 Å². The second-order valence-electron chi connectivity index (χ2n) is 4.07. The number of carboxylic acids is 1. The summed E-state index contributed by atoms with van der Waals surface area (Å²) in [4.78, 5) is 21.3. The van der Waals surface area contributed by atoms with Gasteiger partial charge in [-0.2, -0.15) is 0 Å². The van der Waals surface area contributed by atoms with Crippen LogP contribution in [0.5, 0.6) is 0 Å². The standard InChI is InChI=1S/C10H18N2O3/c11-9(13)4-5-12-8-3-1-2-7(6-8)10(14)15/h7-8,12H,1-6H2,(H2,11,13)(H,14,15). The van der Waals surface area contributed by atoms with E-state index in [2.05, 4.69) is 5.32 Å². The summed E-state index contributed by atoms with van der Waals surface area (Å²) in [6, 6.07) is 0.221. The molecule has 0 aromatic rings. The van der Waals surface area contributed by atoms with Gasteiger partial charge in [0.1, 0.15) is 0 Å². The van der Waals surface area contributed by atoms with Gasteiger partial charge in [0.2, 0.25) is 5.91 Å². The van der Waals surface area contributed by atoms with E-state index >= 15 is 0 Å². The molecule has 2 unspecified atom stereocenters. The topological polar surface area (TPSA) is 92.4 Å². The Labute approximate surface area is 89.0 Å². The fraction of sp³-hybridized carbons (Fsp3) is 0.800. The number of carboxylic acid groups (broad SMARTS) is 1. The first-order valence-corrected chi connectivity index (χ1v) is 5.34. The first kappa shape index (κ1) is 12.0. The van der Waals surface area contributed by atoms with Gasteiger partial charge in [0.05, 0.1) is 5.92 Å². The van der Waals surface area contributed by atoms with E-state index in [-0.39, 0.29) is 17.9 Å². The maximum Gasteiger partial charge on any atom is 0.306 e. The van der Waals surface area contributed by atoms with E-state index in [1.165, 1.54) is 0 Å². The summed E-state index contributed by atoms with van der Waals surface area (Å²) in [5.41, 5.74) is 5.01. The fourth-order valence-corrected chi connectivity index (χ4v) is 2.00. The van der Waals surface area contributed by atoms with Crippen LogP contribution in [-0.2, 0) is 9.59 Å². The van der Waals surface area contributed by atoms with Crippen molar-refractivity contribution in [2.45, 2.75) is 38.1 Å². The number of carbonyl (C=O) groups is 2. The number of nitrogens with two attached hydrogens (primary N) is 1. The van der Waals surface area contributed by atoms with Crippen LogP contribution in [0.15, 0.2) is 0 Å². The molecule has 0 bridgehead atoms. The fourth-order valence-electron chi connectivity index (χ4n) is 2.00. The first-order valence-electron chi connectivity index (χ1n) is 5.34. The van der Waals surface area contributed by atoms with Gasteiger partial charge in [0.15, 0.2) is 0 Å². The second-order valence-corrected chi connectivity index (χ2v) is 4.07. The summed E-state index contributed by atoms with van der Waals surface area (Å²) in [6.45, 7) is 0.548. The lowest BCUT2D eigenvalue weighted by molar-refractivity contribution is -0.143. The van der Waals surface area contributed by atoms with E-state index in [4.69, 9.17) is 10.8 Å². The number of rotatable bonds is 5. The molecular formula is C10H18N2O3. The molecule has 5 heteroatoms. The van der Waals surface area contributed by atoms with Crippen LogP contribution in [0.1, 0.15) is 32.1 Å². The third-order valence-electron chi connectivity index (χ3n) is 2.83. The van der Waals surface area contributed by atoms with Gasteiger partial charge in [-0.3, -0.25) is 9.59 Å². The van der Waals surface area contributed by atoms with Crippen molar-refractivity contribution < 1.29 is 14.7 Å². The van der Waals surface area contributed by atoms with Crippen molar-refractivity contribution in [1.29, 1.82) is 0 Å². The van der Waals surface area contributed by atoms with Crippen LogP contribution in [0, 0.1) is 5.92 Å². The lowest BCUT2D eigenvalue weighted by Crippen LogP contribution is -2.37. The maximum atomic E-state index is 10.8. The predicted molar refractivity (Wildman–Crippen MR) is 55.2 cm³/mol. The Kier molecular flexibility index (Phi) is 4.55. The monoisotopic (exact) mass is 214 g/mol. The molecule has 1 aliphatic rings. The van der Waals surface area contributed by atoms with Gasteiger partial charge < -0.3 is 16.2 Å². The zero-order valence-electron chi connectivity index (χ0n) is 8.74. The summed E-state index contributed by atoms with van der Waals surface area (Å²) >= 11 is 0. The molecule has 0 aromatic carbocycles. The van der Waals surface area contributed by atoms with Crippen molar-refractivity contribution in [2.75, 3.05) is 6.54 Å². The highest BCUT2D eigenvalue weighted by Gasteiger charge is 2.26. The highest BCUT2D eigenvalue weighted by molar-refractivity contribution is 5.73. The van der Waals surface area contributed by atoms with Crippen molar-refractivity contribution in [3.63, 3.8) is 0 Å². The summed E-state index contributed by atoms with van der Waals surface area (Å²) in [6.07, 6.45) is 3.67. The Morgan fingerprint density at radius 1 is 1.40 bits per heavy atom. The molecule has 0 saturated heterocycles. The Balaban J connectivity index is 2.24. The maximum absolute atomic E-state index is 10.8. The highest BCUT2D eigenvalue weighted by atomic mass is 16.4. The summed E-state index contributed by atoms with van der Waals surface area (Å²) in [5, 5.41) is 12.0. The van der Waals surface area contributed by atoms with Gasteiger partial charge in [-0.1, -0.05) is 6.42 Å². The minimum Gasteiger partial charge on any atom is -0.481 e. The SMILES string of the molecule is NC(=O)CCNC1CCCC(C(=O)O)C1. The number of primary amides is 1. The lowest BCUT2D eigenvalue weighted by Gasteiger charge is -2.27. The molecular weight excluding hydrogens is 196 g/mol. The van der Waals surface area contributed by atoms with Crippen LogP contribution in [-0.4, -0.2) is 29.6 Å². The number of nitrogens with one attached hydrogen (secondary N) is 1. The third kappa shape index (κ3) is 4.29. The van der Waals surface area contributed by atoms with E-state index in [0.717, 1.165) is 19.3 Å². The molecule has 0 aliphatic heterocycles. The lowest BCUT2D eigenvalue weighted by atomic mass is 9.86. The molecule has 1 fully saturated rings. The molecule has 1 saturated carbocycles. The van der Waals surface area contributed by atoms with E-state index in [1.54, 1.807) is 0 Å². The number of carbonyl (C=O) groups excluding carboxylic acids is 1. The molecule has 1 rings (SSSR count). The van der Waals surface area contributed by atoms with E-state index in [1.807, 2.05) is 0 Å². The second kappa shape index (κ2) is 5.70. The van der Waals surface area contributed by atoms with Gasteiger partial charge in [-0.05, 0) is 19.3 Å². The van der Waals surface area contributed by atoms with Gasteiger partial charge in [-0.25, -0.2) is 0 Å². The Bertz CT molecular complexity index is 243. The average Bonchev–Trinajstić information content (AvgIpc) is 2.17. The zero-order valence-corrected chi connectivity index (χ0v) is 8.74. The van der Waals surface area contributed by atoms with Gasteiger partial charge in [-0.15, -0.1) is 0 Å². The van der Waals surface area contributed by atoms with Crippen LogP contribution in [0.25, 0.3) is 0 Å². The Morgan fingerprint density at radius 2 is 2.13 bits per heavy atom. The van der Waals surface area contributed by atoms with Crippen LogP contribution in [0.3, 0.4) is 0 Å². The normalized spacial score (nSPS) is 26.1. The van der Waals surface area contributed by atoms with Crippen LogP contribution in [0.4, 0.5) is 0 Å². The molecule has 1 amide bonds. The zero-order chi connectivity index (χ0) is 11.3. The van der Waals surface area contributed by atoms with Crippen LogP contribution < -0.4 is 11.1 Å². The van der Waals surface area contributed by atoms with Gasteiger partial charge in [0.25, 0.3) is 0 Å². The molecule has 15 heavy (non-hydrogen) atoms. The molecule has 4 N–H and O–H groups in total. The summed E-state index contributed by atoms with van der Waals surface area (Å²) in [7, 11) is 0. The third-order valence-corrected chi connectivity index (χ3v) is 2.83. The highest BCUT2D eigenvalue weighted by Crippen LogP contribution is 2.24. The smallest absolute Gasteiger partial charge is 0.306 e. The molecule has 5 nitrogen and oxygen atoms in total. The minimum absolute atomic E-state index is 0.221. The minimum atomic E-state index is -0.712. The van der Waals surface area contributed by atoms with Crippen molar-refractivity contribution in [1.82, 2.24) is 5.32 Å². The molecule has 0 heterocycles. The predicted octanol–water partition coefficient (Wildman–Crippen LogP) is 0.0948. The van der Waals surface area contributed by atoms with Gasteiger partial charge >= 0.3 is 5.97 Å². The Morgan fingerprint density at radius 3 is 2.73 bits per heavy atom. The molecule has 86 valence electrons. The van der Waals surface area contributed by atoms with E-state index < -0.39 is 5.97 Å². The quantitative estimate of drug-likeness (QED) is 0.605. The van der Waals surface area contributed by atoms with E-state index in [9.17, 15) is 9.59 Å².